The fourth-order valence-corrected chi connectivity index (χ4v) is 1.94. The standard InChI is InChI=1S/C15H20N4O/c1-10(2)20-13-6-4-5-12(7-13)15(19-16)14-9-17-11(3)8-18-14/h4-10,15,19H,16H2,1-3H3. The summed E-state index contributed by atoms with van der Waals surface area (Å²) >= 11 is 0. The van der Waals surface area contributed by atoms with Gasteiger partial charge in [-0.15, -0.1) is 0 Å². The van der Waals surface area contributed by atoms with Crippen molar-refractivity contribution in [2.75, 3.05) is 0 Å². The van der Waals surface area contributed by atoms with Gasteiger partial charge in [0.1, 0.15) is 5.75 Å². The average Bonchev–Trinajstić information content (AvgIpc) is 2.41. The third-order valence-corrected chi connectivity index (χ3v) is 2.83. The van der Waals surface area contributed by atoms with E-state index in [4.69, 9.17) is 10.6 Å². The highest BCUT2D eigenvalue weighted by Gasteiger charge is 2.15. The van der Waals surface area contributed by atoms with Gasteiger partial charge in [-0.25, -0.2) is 5.43 Å². The Morgan fingerprint density at radius 2 is 2.00 bits per heavy atom. The number of rotatable bonds is 5. The van der Waals surface area contributed by atoms with Crippen molar-refractivity contribution in [3.05, 3.63) is 53.6 Å². The molecule has 3 N–H and O–H groups in total. The molecule has 0 aliphatic rings. The molecule has 2 rings (SSSR count). The third-order valence-electron chi connectivity index (χ3n) is 2.83. The van der Waals surface area contributed by atoms with E-state index in [-0.39, 0.29) is 12.1 Å². The van der Waals surface area contributed by atoms with Crippen molar-refractivity contribution in [2.45, 2.75) is 32.9 Å². The van der Waals surface area contributed by atoms with Crippen molar-refractivity contribution in [3.63, 3.8) is 0 Å². The first kappa shape index (κ1) is 14.4. The van der Waals surface area contributed by atoms with Crippen molar-refractivity contribution >= 4 is 0 Å². The molecule has 0 spiro atoms. The van der Waals surface area contributed by atoms with Crippen LogP contribution in [0.4, 0.5) is 0 Å². The minimum atomic E-state index is -0.209. The summed E-state index contributed by atoms with van der Waals surface area (Å²) in [4.78, 5) is 8.63. The van der Waals surface area contributed by atoms with Crippen LogP contribution in [0.3, 0.4) is 0 Å². The number of aromatic nitrogens is 2. The van der Waals surface area contributed by atoms with Crippen LogP contribution in [0.15, 0.2) is 36.7 Å². The first-order valence-electron chi connectivity index (χ1n) is 6.61. The SMILES string of the molecule is Cc1cnc(C(NN)c2cccc(OC(C)C)c2)cn1. The quantitative estimate of drug-likeness (QED) is 0.644. The van der Waals surface area contributed by atoms with E-state index < -0.39 is 0 Å². The lowest BCUT2D eigenvalue weighted by Crippen LogP contribution is -2.29. The molecule has 1 atom stereocenters. The number of hydrogen-bond donors (Lipinski definition) is 2. The van der Waals surface area contributed by atoms with Crippen molar-refractivity contribution in [3.8, 4) is 5.75 Å². The summed E-state index contributed by atoms with van der Waals surface area (Å²) in [5.41, 5.74) is 5.42. The van der Waals surface area contributed by atoms with E-state index >= 15 is 0 Å². The molecular formula is C15H20N4O. The van der Waals surface area contributed by atoms with E-state index in [2.05, 4.69) is 15.4 Å². The summed E-state index contributed by atoms with van der Waals surface area (Å²) in [6.07, 6.45) is 3.60. The lowest BCUT2D eigenvalue weighted by Gasteiger charge is -2.17. The highest BCUT2D eigenvalue weighted by molar-refractivity contribution is 5.34. The van der Waals surface area contributed by atoms with Gasteiger partial charge in [0.25, 0.3) is 0 Å². The smallest absolute Gasteiger partial charge is 0.120 e. The van der Waals surface area contributed by atoms with Crippen LogP contribution in [-0.4, -0.2) is 16.1 Å². The molecule has 0 aliphatic carbocycles. The number of ether oxygens (including phenoxy) is 1. The Hall–Kier alpha value is -1.98. The number of benzene rings is 1. The normalized spacial score (nSPS) is 12.4. The minimum absolute atomic E-state index is 0.133. The number of aryl methyl sites for hydroxylation is 1. The van der Waals surface area contributed by atoms with Crippen molar-refractivity contribution in [2.24, 2.45) is 5.84 Å². The molecule has 5 heteroatoms. The molecular weight excluding hydrogens is 252 g/mol. The zero-order chi connectivity index (χ0) is 14.5. The average molecular weight is 272 g/mol. The first-order chi connectivity index (χ1) is 9.60. The summed E-state index contributed by atoms with van der Waals surface area (Å²) in [7, 11) is 0. The maximum atomic E-state index is 5.70. The van der Waals surface area contributed by atoms with E-state index in [1.54, 1.807) is 12.4 Å². The molecule has 5 nitrogen and oxygen atoms in total. The van der Waals surface area contributed by atoms with Gasteiger partial charge < -0.3 is 4.74 Å². The van der Waals surface area contributed by atoms with E-state index in [0.717, 1.165) is 22.7 Å². The van der Waals surface area contributed by atoms with E-state index in [1.807, 2.05) is 45.0 Å². The van der Waals surface area contributed by atoms with Crippen LogP contribution < -0.4 is 16.0 Å². The van der Waals surface area contributed by atoms with E-state index in [0.29, 0.717) is 0 Å². The van der Waals surface area contributed by atoms with Crippen LogP contribution in [-0.2, 0) is 0 Å². The van der Waals surface area contributed by atoms with Gasteiger partial charge in [0.05, 0.1) is 29.7 Å². The van der Waals surface area contributed by atoms with Crippen LogP contribution in [0.5, 0.6) is 5.75 Å². The molecule has 20 heavy (non-hydrogen) atoms. The molecule has 0 fully saturated rings. The molecule has 1 aromatic heterocycles. The zero-order valence-corrected chi connectivity index (χ0v) is 12.0. The number of nitrogens with two attached hydrogens (primary N) is 1. The Kier molecular flexibility index (Phi) is 4.65. The molecule has 1 unspecified atom stereocenters. The largest absolute Gasteiger partial charge is 0.491 e. The van der Waals surface area contributed by atoms with Gasteiger partial charge in [0.2, 0.25) is 0 Å². The minimum Gasteiger partial charge on any atom is -0.491 e. The van der Waals surface area contributed by atoms with Crippen molar-refractivity contribution < 1.29 is 4.74 Å². The predicted molar refractivity (Wildman–Crippen MR) is 78.1 cm³/mol. The molecule has 1 aromatic carbocycles. The van der Waals surface area contributed by atoms with Crippen LogP contribution in [0.25, 0.3) is 0 Å². The molecule has 0 amide bonds. The Labute approximate surface area is 119 Å². The maximum absolute atomic E-state index is 5.70. The van der Waals surface area contributed by atoms with Crippen LogP contribution >= 0.6 is 0 Å². The summed E-state index contributed by atoms with van der Waals surface area (Å²) in [6, 6.07) is 7.61. The highest BCUT2D eigenvalue weighted by Crippen LogP contribution is 2.23. The first-order valence-corrected chi connectivity index (χ1v) is 6.61. The number of hydrazine groups is 1. The monoisotopic (exact) mass is 272 g/mol. The second kappa shape index (κ2) is 6.45. The fourth-order valence-electron chi connectivity index (χ4n) is 1.94. The second-order valence-electron chi connectivity index (χ2n) is 4.92. The number of nitrogens with one attached hydrogen (secondary N) is 1. The number of hydrogen-bond acceptors (Lipinski definition) is 5. The van der Waals surface area contributed by atoms with E-state index in [9.17, 15) is 0 Å². The predicted octanol–water partition coefficient (Wildman–Crippen LogP) is 2.12. The molecule has 2 aromatic rings. The fraction of sp³-hybridized carbons (Fsp3) is 0.333. The third kappa shape index (κ3) is 3.53. The van der Waals surface area contributed by atoms with Crippen molar-refractivity contribution in [1.29, 1.82) is 0 Å². The van der Waals surface area contributed by atoms with Gasteiger partial charge in [0.15, 0.2) is 0 Å². The van der Waals surface area contributed by atoms with Gasteiger partial charge in [-0.3, -0.25) is 15.8 Å². The Morgan fingerprint density at radius 3 is 2.60 bits per heavy atom. The molecule has 0 saturated heterocycles. The number of nitrogens with zero attached hydrogens (tertiary/aromatic N) is 2. The summed E-state index contributed by atoms with van der Waals surface area (Å²) in [6.45, 7) is 5.90. The highest BCUT2D eigenvalue weighted by atomic mass is 16.5. The topological polar surface area (TPSA) is 73.1 Å². The van der Waals surface area contributed by atoms with Crippen molar-refractivity contribution in [1.82, 2.24) is 15.4 Å². The van der Waals surface area contributed by atoms with Gasteiger partial charge in [0, 0.05) is 6.20 Å². The second-order valence-corrected chi connectivity index (χ2v) is 4.92. The Morgan fingerprint density at radius 1 is 1.20 bits per heavy atom. The molecule has 0 radical (unpaired) electrons. The van der Waals surface area contributed by atoms with Gasteiger partial charge in [-0.1, -0.05) is 12.1 Å². The Balaban J connectivity index is 2.29. The molecule has 106 valence electrons. The molecule has 0 aliphatic heterocycles. The van der Waals surface area contributed by atoms with Crippen LogP contribution in [0.1, 0.15) is 36.8 Å². The maximum Gasteiger partial charge on any atom is 0.120 e. The summed E-state index contributed by atoms with van der Waals surface area (Å²) < 4.78 is 5.70. The summed E-state index contributed by atoms with van der Waals surface area (Å²) in [5.74, 6) is 6.49. The zero-order valence-electron chi connectivity index (χ0n) is 12.0. The van der Waals surface area contributed by atoms with Gasteiger partial charge >= 0.3 is 0 Å². The van der Waals surface area contributed by atoms with Crippen LogP contribution in [0, 0.1) is 6.92 Å². The van der Waals surface area contributed by atoms with Crippen LogP contribution in [0.2, 0.25) is 0 Å². The van der Waals surface area contributed by atoms with E-state index in [1.165, 1.54) is 0 Å². The Bertz CT molecular complexity index is 554. The molecule has 0 bridgehead atoms. The lowest BCUT2D eigenvalue weighted by molar-refractivity contribution is 0.242. The molecule has 0 saturated carbocycles. The lowest BCUT2D eigenvalue weighted by atomic mass is 10.0. The summed E-state index contributed by atoms with van der Waals surface area (Å²) in [5, 5.41) is 0. The molecule has 1 heterocycles. The van der Waals surface area contributed by atoms with Gasteiger partial charge in [-0.05, 0) is 38.5 Å². The van der Waals surface area contributed by atoms with Gasteiger partial charge in [-0.2, -0.15) is 0 Å².